The molecular formula is C88H79Br2Cl2FN20O8. The van der Waals surface area contributed by atoms with Crippen LogP contribution in [0.15, 0.2) is 270 Å². The van der Waals surface area contributed by atoms with Crippen LogP contribution < -0.4 is 42.5 Å². The Kier molecular flexibility index (Phi) is 32.2. The average Bonchev–Trinajstić information content (AvgIpc) is 0.824. The highest BCUT2D eigenvalue weighted by Gasteiger charge is 2.23. The summed E-state index contributed by atoms with van der Waals surface area (Å²) in [5.74, 6) is -1.58. The highest BCUT2D eigenvalue weighted by molar-refractivity contribution is 9.10. The maximum absolute atomic E-state index is 14.5. The number of benzene rings is 8. The molecule has 12 aromatic rings. The van der Waals surface area contributed by atoms with Gasteiger partial charge in [-0.1, -0.05) is 114 Å². The van der Waals surface area contributed by atoms with Gasteiger partial charge in [0, 0.05) is 129 Å². The van der Waals surface area contributed by atoms with Gasteiger partial charge in [-0.05, 0) is 177 Å². The first-order valence-electron chi connectivity index (χ1n) is 36.3. The van der Waals surface area contributed by atoms with Crippen molar-refractivity contribution in [3.05, 3.63) is 353 Å². The number of pyridine rings is 4. The number of amidine groups is 4. The Bertz CT molecular complexity index is 5400. The third kappa shape index (κ3) is 26.0. The Morgan fingerprint density at radius 2 is 0.512 bits per heavy atom. The van der Waals surface area contributed by atoms with Crippen LogP contribution in [-0.2, 0) is 0 Å². The molecule has 4 aromatic heterocycles. The van der Waals surface area contributed by atoms with E-state index in [0.717, 1.165) is 15.0 Å². The quantitative estimate of drug-likeness (QED) is 0.0249. The van der Waals surface area contributed by atoms with Gasteiger partial charge in [-0.15, -0.1) is 0 Å². The number of nitrogens with zero attached hydrogens (tertiary/aromatic N) is 8. The molecule has 0 aliphatic carbocycles. The molecule has 0 unspecified atom stereocenters. The number of halogens is 5. The van der Waals surface area contributed by atoms with Gasteiger partial charge in [0.2, 0.25) is 0 Å². The zero-order valence-corrected chi connectivity index (χ0v) is 70.7. The molecule has 0 spiro atoms. The van der Waals surface area contributed by atoms with Crippen molar-refractivity contribution in [3.8, 4) is 0 Å². The highest BCUT2D eigenvalue weighted by Crippen LogP contribution is 2.26. The monoisotopic (exact) mass is 1790 g/mol. The van der Waals surface area contributed by atoms with Crippen molar-refractivity contribution >= 4 is 172 Å². The predicted molar refractivity (Wildman–Crippen MR) is 480 cm³/mol. The molecule has 0 bridgehead atoms. The maximum atomic E-state index is 14.5. The van der Waals surface area contributed by atoms with E-state index in [9.17, 15) is 42.7 Å². The number of anilines is 8. The third-order valence-corrected chi connectivity index (χ3v) is 18.5. The third-order valence-electron chi connectivity index (χ3n) is 17.1. The largest absolute Gasteiger partial charge is 0.363 e. The molecule has 0 atom stereocenters. The molecule has 33 heteroatoms. The normalized spacial score (nSPS) is 10.3. The number of rotatable bonds is 20. The van der Waals surface area contributed by atoms with E-state index >= 15 is 0 Å². The van der Waals surface area contributed by atoms with Crippen LogP contribution in [0.1, 0.15) is 105 Å². The summed E-state index contributed by atoms with van der Waals surface area (Å²) in [5.41, 5.74) is 6.01. The smallest absolute Gasteiger partial charge is 0.258 e. The second kappa shape index (κ2) is 43.1. The number of nitrogens with one attached hydrogen (secondary N) is 12. The van der Waals surface area contributed by atoms with Crippen LogP contribution in [0.25, 0.3) is 0 Å². The number of amides is 8. The van der Waals surface area contributed by atoms with Crippen LogP contribution in [-0.4, -0.2) is 167 Å². The Morgan fingerprint density at radius 1 is 0.281 bits per heavy atom. The second-order valence-electron chi connectivity index (χ2n) is 26.7. The van der Waals surface area contributed by atoms with Gasteiger partial charge in [-0.3, -0.25) is 60.0 Å². The minimum absolute atomic E-state index is 0.115. The van der Waals surface area contributed by atoms with Gasteiger partial charge in [0.1, 0.15) is 52.4 Å². The van der Waals surface area contributed by atoms with E-state index in [1.54, 1.807) is 290 Å². The fraction of sp³-hybridized carbons (Fsp3) is 0.0909. The van der Waals surface area contributed by atoms with Crippen molar-refractivity contribution in [2.45, 2.75) is 0 Å². The number of aromatic nitrogens is 4. The molecule has 0 aliphatic heterocycles. The standard InChI is InChI=1S/2C22H20BrN5O2.C22H19ClFN5O2.C22H20ClN5O2/c2*1-28(2)20(24)14-7-9-15(10-8-14)21(29)26-18-6-4-3-5-17(18)22(30)27-19-12-11-16(23)13-25-19;1-29(2)20(25)13-7-9-15(17(24)11-13)21(30)27-18-6-4-3-5-16(18)22(31)28-19-10-8-14(23)12-26-19;1-28(2)20(24)14-7-9-15(10-8-14)21(29)26-18-6-4-3-5-17(18)22(30)27-19-12-11-16(23)13-25-19/h2*3-13,24H,1-2H3,(H,26,29)(H,25,27,30);3-12,25H,1-2H3,(H,27,30)(H,26,28,31);3-13,24H,1-2H3,(H,26,29)(H,25,27,30). The predicted octanol–water partition coefficient (Wildman–Crippen LogP) is 16.9. The van der Waals surface area contributed by atoms with Gasteiger partial charge in [0.05, 0.1) is 60.6 Å². The molecule has 0 saturated heterocycles. The van der Waals surface area contributed by atoms with Crippen molar-refractivity contribution in [2.24, 2.45) is 0 Å². The first kappa shape index (κ1) is 90.4. The van der Waals surface area contributed by atoms with E-state index in [1.165, 1.54) is 41.6 Å². The Hall–Kier alpha value is -14.5. The molecule has 8 aromatic carbocycles. The van der Waals surface area contributed by atoms with E-state index in [0.29, 0.717) is 124 Å². The second-order valence-corrected chi connectivity index (χ2v) is 29.4. The van der Waals surface area contributed by atoms with Crippen LogP contribution in [0.3, 0.4) is 0 Å². The van der Waals surface area contributed by atoms with Crippen LogP contribution >= 0.6 is 55.1 Å². The van der Waals surface area contributed by atoms with E-state index in [-0.39, 0.29) is 52.2 Å². The summed E-state index contributed by atoms with van der Waals surface area (Å²) in [6, 6.07) is 63.9. The lowest BCUT2D eigenvalue weighted by Crippen LogP contribution is -2.23. The van der Waals surface area contributed by atoms with Crippen LogP contribution in [0.2, 0.25) is 10.0 Å². The number of carbonyl (C=O) groups excluding carboxylic acids is 8. The van der Waals surface area contributed by atoms with Crippen molar-refractivity contribution in [1.29, 1.82) is 21.6 Å². The maximum Gasteiger partial charge on any atom is 0.258 e. The van der Waals surface area contributed by atoms with E-state index < -0.39 is 23.5 Å². The molecule has 614 valence electrons. The molecule has 0 saturated carbocycles. The Balaban J connectivity index is 0.000000183. The number of hydrogen-bond acceptors (Lipinski definition) is 16. The first-order chi connectivity index (χ1) is 57.8. The zero-order chi connectivity index (χ0) is 87.6. The van der Waals surface area contributed by atoms with Crippen molar-refractivity contribution in [2.75, 3.05) is 98.9 Å². The lowest BCUT2D eigenvalue weighted by molar-refractivity contribution is 0.100. The Labute approximate surface area is 722 Å². The topological polar surface area (TPSA) is 393 Å². The summed E-state index contributed by atoms with van der Waals surface area (Å²) in [4.78, 5) is 124. The molecule has 0 radical (unpaired) electrons. The highest BCUT2D eigenvalue weighted by atomic mass is 79.9. The summed E-state index contributed by atoms with van der Waals surface area (Å²) in [6.07, 6.45) is 6.00. The van der Waals surface area contributed by atoms with Crippen LogP contribution in [0.5, 0.6) is 0 Å². The molecule has 121 heavy (non-hydrogen) atoms. The SMILES string of the molecule is CN(C)C(=N)c1ccc(C(=O)Nc2ccccc2C(=O)Nc2ccc(Br)cn2)cc1.CN(C)C(=N)c1ccc(C(=O)Nc2ccccc2C(=O)Nc2ccc(Br)cn2)cc1.CN(C)C(=N)c1ccc(C(=O)Nc2ccccc2C(=O)Nc2ccc(Cl)cn2)c(F)c1.CN(C)C(=N)c1ccc(C(=O)Nc2ccccc2C(=O)Nc2ccc(Cl)cn2)cc1. The van der Waals surface area contributed by atoms with E-state index in [2.05, 4.69) is 94.3 Å². The van der Waals surface area contributed by atoms with Crippen LogP contribution in [0, 0.1) is 27.5 Å². The van der Waals surface area contributed by atoms with E-state index in [1.807, 2.05) is 0 Å². The molecule has 28 nitrogen and oxygen atoms in total. The number of hydrogen-bond donors (Lipinski definition) is 12. The van der Waals surface area contributed by atoms with Crippen molar-refractivity contribution < 1.29 is 42.7 Å². The molecule has 0 fully saturated rings. The summed E-state index contributed by atoms with van der Waals surface area (Å²) in [5, 5.41) is 54.4. The number of carbonyl (C=O) groups is 8. The molecule has 12 rings (SSSR count). The van der Waals surface area contributed by atoms with Gasteiger partial charge >= 0.3 is 0 Å². The van der Waals surface area contributed by atoms with Gasteiger partial charge in [-0.25, -0.2) is 24.3 Å². The van der Waals surface area contributed by atoms with Gasteiger partial charge < -0.3 is 62.1 Å². The van der Waals surface area contributed by atoms with Crippen molar-refractivity contribution in [1.82, 2.24) is 39.5 Å². The molecule has 12 N–H and O–H groups in total. The van der Waals surface area contributed by atoms with Crippen LogP contribution in [0.4, 0.5) is 50.4 Å². The van der Waals surface area contributed by atoms with Gasteiger partial charge in [0.25, 0.3) is 47.3 Å². The van der Waals surface area contributed by atoms with Gasteiger partial charge in [0.15, 0.2) is 0 Å². The molecule has 4 heterocycles. The fourth-order valence-electron chi connectivity index (χ4n) is 10.7. The van der Waals surface area contributed by atoms with E-state index in [4.69, 9.17) is 44.8 Å². The molecule has 0 aliphatic rings. The zero-order valence-electron chi connectivity index (χ0n) is 66.1. The lowest BCUT2D eigenvalue weighted by Gasteiger charge is -2.15. The minimum Gasteiger partial charge on any atom is -0.363 e. The lowest BCUT2D eigenvalue weighted by atomic mass is 10.1. The summed E-state index contributed by atoms with van der Waals surface area (Å²) < 4.78 is 16.1. The molecular weight excluding hydrogens is 1710 g/mol. The summed E-state index contributed by atoms with van der Waals surface area (Å²) in [7, 11) is 14.0. The summed E-state index contributed by atoms with van der Waals surface area (Å²) >= 11 is 18.2. The molecule has 8 amide bonds. The summed E-state index contributed by atoms with van der Waals surface area (Å²) in [6.45, 7) is 0. The fourth-order valence-corrected chi connectivity index (χ4v) is 11.4. The average molecular weight is 1790 g/mol. The van der Waals surface area contributed by atoms with Gasteiger partial charge in [-0.2, -0.15) is 0 Å². The first-order valence-corrected chi connectivity index (χ1v) is 38.6. The number of para-hydroxylation sites is 4. The minimum atomic E-state index is -0.770. The van der Waals surface area contributed by atoms with Crippen molar-refractivity contribution in [3.63, 3.8) is 0 Å². The Morgan fingerprint density at radius 3 is 0.760 bits per heavy atom.